The summed E-state index contributed by atoms with van der Waals surface area (Å²) < 4.78 is 25.6. The Kier molecular flexibility index (Phi) is 5.98. The number of hydrogen-bond donors (Lipinski definition) is 1. The second-order valence-corrected chi connectivity index (χ2v) is 15.4. The SMILES string of the molecule is Cc1cc(Nc2ncnc3sc4c(c23)CC[C@H](C(=O)N2CC[C@H](N(C)C)C2)C4)c(=O)n2c1C(=O)CC21CS(=O)(=O)C1. The third-order valence-electron chi connectivity index (χ3n) is 9.25. The van der Waals surface area contributed by atoms with Gasteiger partial charge in [-0.05, 0) is 63.9 Å². The number of aryl methyl sites for hydroxylation is 2. The molecule has 3 aliphatic heterocycles. The van der Waals surface area contributed by atoms with Crippen molar-refractivity contribution < 1.29 is 18.0 Å². The Morgan fingerprint density at radius 1 is 1.20 bits per heavy atom. The number of anilines is 2. The van der Waals surface area contributed by atoms with Crippen molar-refractivity contribution in [2.24, 2.45) is 5.92 Å². The first-order valence-electron chi connectivity index (χ1n) is 13.9. The number of fused-ring (bicyclic) bond motifs is 5. The van der Waals surface area contributed by atoms with E-state index in [9.17, 15) is 22.8 Å². The van der Waals surface area contributed by atoms with Gasteiger partial charge >= 0.3 is 0 Å². The minimum absolute atomic E-state index is 0.0225. The van der Waals surface area contributed by atoms with Crippen LogP contribution in [0.15, 0.2) is 17.2 Å². The van der Waals surface area contributed by atoms with E-state index in [1.54, 1.807) is 24.3 Å². The van der Waals surface area contributed by atoms with Gasteiger partial charge in [0.2, 0.25) is 5.91 Å². The fourth-order valence-electron chi connectivity index (χ4n) is 7.27. The van der Waals surface area contributed by atoms with E-state index in [2.05, 4.69) is 34.3 Å². The van der Waals surface area contributed by atoms with Crippen LogP contribution in [0.4, 0.5) is 11.5 Å². The number of thiophene rings is 1. The molecule has 0 radical (unpaired) electrons. The third kappa shape index (κ3) is 4.15. The predicted octanol–water partition coefficient (Wildman–Crippen LogP) is 1.88. The lowest BCUT2D eigenvalue weighted by molar-refractivity contribution is -0.134. The lowest BCUT2D eigenvalue weighted by atomic mass is 9.87. The third-order valence-corrected chi connectivity index (χ3v) is 12.4. The van der Waals surface area contributed by atoms with Crippen LogP contribution in [-0.4, -0.2) is 89.2 Å². The van der Waals surface area contributed by atoms with E-state index < -0.39 is 20.9 Å². The number of ketones is 1. The van der Waals surface area contributed by atoms with Crippen LogP contribution in [0.3, 0.4) is 0 Å². The summed E-state index contributed by atoms with van der Waals surface area (Å²) in [6.07, 6.45) is 4.61. The Labute approximate surface area is 241 Å². The van der Waals surface area contributed by atoms with Gasteiger partial charge in [0.05, 0.1) is 28.1 Å². The first-order valence-corrected chi connectivity index (χ1v) is 16.6. The maximum atomic E-state index is 13.7. The van der Waals surface area contributed by atoms with Crippen LogP contribution >= 0.6 is 11.3 Å². The highest BCUT2D eigenvalue weighted by Gasteiger charge is 2.57. The van der Waals surface area contributed by atoms with Crippen molar-refractivity contribution in [2.45, 2.75) is 50.6 Å². The molecule has 6 heterocycles. The number of pyridine rings is 1. The van der Waals surface area contributed by atoms with Crippen LogP contribution in [0.2, 0.25) is 0 Å². The molecule has 1 spiro atoms. The molecular formula is C28H32N6O5S2. The number of nitrogens with zero attached hydrogens (tertiary/aromatic N) is 5. The van der Waals surface area contributed by atoms with Crippen molar-refractivity contribution in [1.29, 1.82) is 0 Å². The fourth-order valence-corrected chi connectivity index (χ4v) is 10.5. The second-order valence-electron chi connectivity index (χ2n) is 12.2. The highest BCUT2D eigenvalue weighted by atomic mass is 32.2. The summed E-state index contributed by atoms with van der Waals surface area (Å²) in [4.78, 5) is 55.0. The molecule has 0 saturated carbocycles. The number of carbonyl (C=O) groups excluding carboxylic acids is 2. The molecule has 1 amide bonds. The van der Waals surface area contributed by atoms with Gasteiger partial charge in [-0.15, -0.1) is 11.3 Å². The van der Waals surface area contributed by atoms with Crippen molar-refractivity contribution >= 4 is 54.6 Å². The molecule has 1 N–H and O–H groups in total. The number of Topliss-reactive ketones (excluding diaryl/α,β-unsaturated/α-hetero) is 1. The van der Waals surface area contributed by atoms with Gasteiger partial charge in [0.1, 0.15) is 22.7 Å². The van der Waals surface area contributed by atoms with E-state index in [-0.39, 0.29) is 41.2 Å². The summed E-state index contributed by atoms with van der Waals surface area (Å²) in [5.41, 5.74) is 0.848. The van der Waals surface area contributed by atoms with Crippen molar-refractivity contribution in [3.8, 4) is 0 Å². The highest BCUT2D eigenvalue weighted by Crippen LogP contribution is 2.43. The summed E-state index contributed by atoms with van der Waals surface area (Å²) in [5.74, 6) is 0.0619. The summed E-state index contributed by atoms with van der Waals surface area (Å²) in [7, 11) is 0.842. The number of carbonyl (C=O) groups is 2. The summed E-state index contributed by atoms with van der Waals surface area (Å²) in [5, 5.41) is 4.07. The van der Waals surface area contributed by atoms with Gasteiger partial charge in [0.25, 0.3) is 5.56 Å². The van der Waals surface area contributed by atoms with E-state index in [4.69, 9.17) is 0 Å². The van der Waals surface area contributed by atoms with Crippen LogP contribution in [0.25, 0.3) is 10.2 Å². The zero-order valence-electron chi connectivity index (χ0n) is 23.3. The topological polar surface area (TPSA) is 135 Å². The summed E-state index contributed by atoms with van der Waals surface area (Å²) in [6.45, 7) is 3.34. The molecule has 216 valence electrons. The molecule has 0 unspecified atom stereocenters. The summed E-state index contributed by atoms with van der Waals surface area (Å²) in [6, 6.07) is 2.05. The monoisotopic (exact) mass is 596 g/mol. The molecule has 3 aromatic heterocycles. The molecule has 3 aromatic rings. The molecule has 2 atom stereocenters. The highest BCUT2D eigenvalue weighted by molar-refractivity contribution is 7.93. The molecule has 4 aliphatic rings. The number of sulfone groups is 1. The van der Waals surface area contributed by atoms with Gasteiger partial charge in [0.15, 0.2) is 15.6 Å². The van der Waals surface area contributed by atoms with Gasteiger partial charge in [-0.3, -0.25) is 19.0 Å². The molecule has 2 fully saturated rings. The van der Waals surface area contributed by atoms with E-state index >= 15 is 0 Å². The van der Waals surface area contributed by atoms with E-state index in [0.29, 0.717) is 29.5 Å². The number of rotatable bonds is 4. The minimum Gasteiger partial charge on any atom is -0.341 e. The zero-order valence-corrected chi connectivity index (χ0v) is 24.9. The van der Waals surface area contributed by atoms with Crippen LogP contribution in [-0.2, 0) is 33.0 Å². The molecule has 2 saturated heterocycles. The second kappa shape index (κ2) is 9.17. The molecule has 0 aromatic carbocycles. The van der Waals surface area contributed by atoms with Crippen LogP contribution in [0, 0.1) is 12.8 Å². The smallest absolute Gasteiger partial charge is 0.275 e. The van der Waals surface area contributed by atoms with E-state index in [0.717, 1.165) is 53.0 Å². The van der Waals surface area contributed by atoms with Crippen molar-refractivity contribution in [3.63, 3.8) is 0 Å². The first-order chi connectivity index (χ1) is 19.5. The first kappa shape index (κ1) is 26.7. The van der Waals surface area contributed by atoms with Gasteiger partial charge in [0, 0.05) is 36.3 Å². The lowest BCUT2D eigenvalue weighted by Gasteiger charge is -2.38. The Morgan fingerprint density at radius 3 is 2.68 bits per heavy atom. The maximum absolute atomic E-state index is 13.7. The van der Waals surface area contributed by atoms with Crippen molar-refractivity contribution in [2.75, 3.05) is 44.0 Å². The lowest BCUT2D eigenvalue weighted by Crippen LogP contribution is -2.57. The molecule has 1 aliphatic carbocycles. The largest absolute Gasteiger partial charge is 0.341 e. The molecule has 41 heavy (non-hydrogen) atoms. The molecule has 11 nitrogen and oxygen atoms in total. The molecular weight excluding hydrogens is 564 g/mol. The van der Waals surface area contributed by atoms with Crippen LogP contribution in [0.5, 0.6) is 0 Å². The minimum atomic E-state index is -3.28. The predicted molar refractivity (Wildman–Crippen MR) is 156 cm³/mol. The number of amides is 1. The van der Waals surface area contributed by atoms with Crippen molar-refractivity contribution in [3.05, 3.63) is 44.4 Å². The Hall–Kier alpha value is -3.16. The molecule has 0 bridgehead atoms. The van der Waals surface area contributed by atoms with Gasteiger partial charge in [-0.1, -0.05) is 0 Å². The van der Waals surface area contributed by atoms with Crippen LogP contribution < -0.4 is 10.9 Å². The van der Waals surface area contributed by atoms with Crippen LogP contribution in [0.1, 0.15) is 45.8 Å². The Balaban J connectivity index is 1.20. The Bertz CT molecular complexity index is 1800. The number of nitrogens with one attached hydrogen (secondary N) is 1. The van der Waals surface area contributed by atoms with Gasteiger partial charge in [-0.25, -0.2) is 18.4 Å². The summed E-state index contributed by atoms with van der Waals surface area (Å²) >= 11 is 1.57. The molecule has 7 rings (SSSR count). The van der Waals surface area contributed by atoms with E-state index in [1.165, 1.54) is 10.9 Å². The average Bonchev–Trinajstić information content (AvgIpc) is 3.60. The quantitative estimate of drug-likeness (QED) is 0.479. The average molecular weight is 597 g/mol. The maximum Gasteiger partial charge on any atom is 0.275 e. The molecule has 13 heteroatoms. The fraction of sp³-hybridized carbons (Fsp3) is 0.536. The number of likely N-dealkylation sites (N-methyl/N-ethyl adjacent to an activating group) is 1. The van der Waals surface area contributed by atoms with Gasteiger partial charge < -0.3 is 15.1 Å². The number of hydrogen-bond acceptors (Lipinski definition) is 10. The van der Waals surface area contributed by atoms with Crippen molar-refractivity contribution in [1.82, 2.24) is 24.3 Å². The normalized spacial score (nSPS) is 24.1. The zero-order chi connectivity index (χ0) is 28.8. The Morgan fingerprint density at radius 2 is 1.98 bits per heavy atom. The number of aromatic nitrogens is 3. The van der Waals surface area contributed by atoms with Gasteiger partial charge in [-0.2, -0.15) is 0 Å². The standard InChI is InChI=1S/C28H32N6O5S2/c1-15-8-19(27(37)34-23(15)20(35)10-28(34)12-41(38,39)13-28)31-24-22-18-5-4-16(9-21(18)40-25(22)30-14-29-24)26(36)33-7-6-17(11-33)32(2)3/h8,14,16-17H,4-7,9-13H2,1-3H3,(H,29,30,31)/t16-,17-/m0/s1. The van der Waals surface area contributed by atoms with E-state index in [1.807, 2.05) is 4.90 Å². The number of likely N-dealkylation sites (tertiary alicyclic amines) is 1.